The number of ether oxygens (including phenoxy) is 1. The molecule has 0 spiro atoms. The van der Waals surface area contributed by atoms with Crippen LogP contribution >= 0.6 is 9.24 Å². The predicted molar refractivity (Wildman–Crippen MR) is 101 cm³/mol. The highest BCUT2D eigenvalue weighted by Gasteiger charge is 2.30. The van der Waals surface area contributed by atoms with Gasteiger partial charge in [-0.05, 0) is 34.3 Å². The second-order valence-corrected chi connectivity index (χ2v) is 8.86. The maximum absolute atomic E-state index is 5.61. The van der Waals surface area contributed by atoms with Crippen LogP contribution in [0.25, 0.3) is 0 Å². The van der Waals surface area contributed by atoms with Crippen LogP contribution in [0, 0.1) is 10.8 Å². The minimum absolute atomic E-state index is 0.263. The Hall–Kier alpha value is -0.810. The molecule has 2 heteroatoms. The van der Waals surface area contributed by atoms with Crippen LogP contribution in [-0.4, -0.2) is 6.16 Å². The van der Waals surface area contributed by atoms with Crippen molar-refractivity contribution in [1.29, 1.82) is 0 Å². The minimum Gasteiger partial charge on any atom is -0.494 e. The molecule has 1 nitrogen and oxygen atoms in total. The first-order valence-corrected chi connectivity index (χ1v) is 8.94. The summed E-state index contributed by atoms with van der Waals surface area (Å²) in [5.41, 5.74) is 3.22. The molecule has 22 heavy (non-hydrogen) atoms. The molecule has 0 fully saturated rings. The summed E-state index contributed by atoms with van der Waals surface area (Å²) < 4.78 is 5.61. The summed E-state index contributed by atoms with van der Waals surface area (Å²) >= 11 is 0. The summed E-state index contributed by atoms with van der Waals surface area (Å²) in [7, 11) is 2.63. The first-order valence-electron chi connectivity index (χ1n) is 8.12. The highest BCUT2D eigenvalue weighted by molar-refractivity contribution is 7.16. The van der Waals surface area contributed by atoms with Gasteiger partial charge in [-0.15, -0.1) is 9.24 Å². The van der Waals surface area contributed by atoms with E-state index in [2.05, 4.69) is 81.6 Å². The van der Waals surface area contributed by atoms with E-state index in [-0.39, 0.29) is 5.41 Å². The average molecular weight is 320 g/mol. The van der Waals surface area contributed by atoms with E-state index in [1.165, 1.54) is 17.5 Å². The molecule has 124 valence electrons. The van der Waals surface area contributed by atoms with Gasteiger partial charge < -0.3 is 4.74 Å². The van der Waals surface area contributed by atoms with Gasteiger partial charge in [0.1, 0.15) is 6.61 Å². The van der Waals surface area contributed by atoms with Crippen molar-refractivity contribution < 1.29 is 4.74 Å². The van der Waals surface area contributed by atoms with E-state index in [1.807, 2.05) is 0 Å². The highest BCUT2D eigenvalue weighted by Crippen LogP contribution is 2.43. The molecular formula is C20H33OP. The Balaban J connectivity index is 2.87. The lowest BCUT2D eigenvalue weighted by molar-refractivity contribution is 0.203. The molecular weight excluding hydrogens is 287 g/mol. The Morgan fingerprint density at radius 3 is 2.05 bits per heavy atom. The Kier molecular flexibility index (Phi) is 6.68. The van der Waals surface area contributed by atoms with Crippen molar-refractivity contribution in [3.05, 3.63) is 47.7 Å². The summed E-state index contributed by atoms with van der Waals surface area (Å²) in [5.74, 6) is 1.37. The highest BCUT2D eigenvalue weighted by atomic mass is 31.0. The lowest BCUT2D eigenvalue weighted by Gasteiger charge is -2.36. The Morgan fingerprint density at radius 2 is 1.64 bits per heavy atom. The fraction of sp³-hybridized carbons (Fsp3) is 0.600. The molecule has 0 aromatic heterocycles. The third-order valence-corrected chi connectivity index (χ3v) is 4.37. The average Bonchev–Trinajstić information content (AvgIpc) is 2.41. The van der Waals surface area contributed by atoms with Gasteiger partial charge in [-0.1, -0.05) is 72.4 Å². The molecule has 1 aromatic carbocycles. The smallest absolute Gasteiger partial charge is 0.113 e. The lowest BCUT2D eigenvalue weighted by Crippen LogP contribution is -2.23. The maximum Gasteiger partial charge on any atom is 0.113 e. The zero-order valence-corrected chi connectivity index (χ0v) is 16.4. The van der Waals surface area contributed by atoms with Gasteiger partial charge in [0.05, 0.1) is 5.76 Å². The summed E-state index contributed by atoms with van der Waals surface area (Å²) in [5, 5.41) is 0. The van der Waals surface area contributed by atoms with Crippen LogP contribution < -0.4 is 0 Å². The maximum atomic E-state index is 5.61. The summed E-state index contributed by atoms with van der Waals surface area (Å²) in [6, 6.07) is 8.91. The number of hydrogen-bond acceptors (Lipinski definition) is 1. The van der Waals surface area contributed by atoms with E-state index in [9.17, 15) is 0 Å². The summed E-state index contributed by atoms with van der Waals surface area (Å²) in [4.78, 5) is 0. The Labute approximate surface area is 139 Å². The van der Waals surface area contributed by atoms with E-state index in [0.717, 1.165) is 11.9 Å². The van der Waals surface area contributed by atoms with Crippen LogP contribution in [0.3, 0.4) is 0 Å². The zero-order chi connectivity index (χ0) is 17.0. The van der Waals surface area contributed by atoms with Crippen molar-refractivity contribution >= 4 is 9.24 Å². The van der Waals surface area contributed by atoms with Crippen LogP contribution in [-0.2, 0) is 11.3 Å². The number of hydrogen-bond donors (Lipinski definition) is 0. The molecule has 0 aliphatic rings. The number of benzene rings is 1. The topological polar surface area (TPSA) is 9.23 Å². The Morgan fingerprint density at radius 1 is 1.09 bits per heavy atom. The van der Waals surface area contributed by atoms with Crippen LogP contribution in [0.5, 0.6) is 0 Å². The van der Waals surface area contributed by atoms with Gasteiger partial charge in [0, 0.05) is 6.16 Å². The second kappa shape index (κ2) is 7.64. The van der Waals surface area contributed by atoms with E-state index in [1.54, 1.807) is 0 Å². The molecule has 0 bridgehead atoms. The molecule has 0 radical (unpaired) electrons. The van der Waals surface area contributed by atoms with Gasteiger partial charge in [0.15, 0.2) is 0 Å². The van der Waals surface area contributed by atoms with E-state index < -0.39 is 0 Å². The fourth-order valence-corrected chi connectivity index (χ4v) is 2.74. The molecule has 0 saturated heterocycles. The first-order chi connectivity index (χ1) is 10.0. The third kappa shape index (κ3) is 6.53. The molecule has 2 atom stereocenters. The minimum atomic E-state index is 0.263. The summed E-state index contributed by atoms with van der Waals surface area (Å²) in [6.45, 7) is 18.4. The van der Waals surface area contributed by atoms with E-state index >= 15 is 0 Å². The van der Waals surface area contributed by atoms with Crippen LogP contribution in [0.15, 0.2) is 36.6 Å². The second-order valence-electron chi connectivity index (χ2n) is 8.46. The van der Waals surface area contributed by atoms with Crippen molar-refractivity contribution in [2.75, 3.05) is 6.16 Å². The molecule has 0 N–H and O–H groups in total. The first kappa shape index (κ1) is 19.2. The Bertz CT molecular complexity index is 474. The quantitative estimate of drug-likeness (QED) is 0.450. The number of rotatable bonds is 6. The monoisotopic (exact) mass is 320 g/mol. The SMILES string of the molecule is C=C(CP)OCc1ccc(C(CC(C)(C)C)C(C)(C)C)cc1. The number of allylic oxidation sites excluding steroid dienone is 1. The van der Waals surface area contributed by atoms with Crippen LogP contribution in [0.2, 0.25) is 0 Å². The van der Waals surface area contributed by atoms with Gasteiger partial charge in [-0.25, -0.2) is 0 Å². The molecule has 0 amide bonds. The molecule has 0 aliphatic carbocycles. The van der Waals surface area contributed by atoms with Crippen molar-refractivity contribution in [1.82, 2.24) is 0 Å². The van der Waals surface area contributed by atoms with Gasteiger partial charge in [0.25, 0.3) is 0 Å². The molecule has 0 heterocycles. The van der Waals surface area contributed by atoms with Crippen molar-refractivity contribution in [3.8, 4) is 0 Å². The predicted octanol–water partition coefficient (Wildman–Crippen LogP) is 6.16. The van der Waals surface area contributed by atoms with Gasteiger partial charge >= 0.3 is 0 Å². The van der Waals surface area contributed by atoms with Crippen molar-refractivity contribution in [2.24, 2.45) is 10.8 Å². The van der Waals surface area contributed by atoms with Gasteiger partial charge in [-0.2, -0.15) is 0 Å². The van der Waals surface area contributed by atoms with Crippen molar-refractivity contribution in [2.45, 2.75) is 60.5 Å². The lowest BCUT2D eigenvalue weighted by atomic mass is 9.69. The van der Waals surface area contributed by atoms with E-state index in [0.29, 0.717) is 17.9 Å². The van der Waals surface area contributed by atoms with E-state index in [4.69, 9.17) is 4.74 Å². The standard InChI is InChI=1S/C20H33OP/c1-15(14-22)21-13-16-8-10-17(11-9-16)18(20(5,6)7)12-19(2,3)4/h8-11,18H,1,12-14,22H2,2-7H3. The molecule has 2 unspecified atom stereocenters. The molecule has 0 saturated carbocycles. The molecule has 1 aromatic rings. The zero-order valence-electron chi connectivity index (χ0n) is 15.2. The van der Waals surface area contributed by atoms with Crippen LogP contribution in [0.1, 0.15) is 65.0 Å². The van der Waals surface area contributed by atoms with Gasteiger partial charge in [0.2, 0.25) is 0 Å². The molecule has 1 rings (SSSR count). The van der Waals surface area contributed by atoms with Crippen molar-refractivity contribution in [3.63, 3.8) is 0 Å². The van der Waals surface area contributed by atoms with Gasteiger partial charge in [-0.3, -0.25) is 0 Å². The fourth-order valence-electron chi connectivity index (χ4n) is 2.63. The normalized spacial score (nSPS) is 13.8. The summed E-state index contributed by atoms with van der Waals surface area (Å²) in [6.07, 6.45) is 1.98. The third-order valence-electron chi connectivity index (χ3n) is 3.91. The largest absolute Gasteiger partial charge is 0.494 e. The van der Waals surface area contributed by atoms with Crippen LogP contribution in [0.4, 0.5) is 0 Å². The molecule has 0 aliphatic heterocycles.